The zero-order valence-corrected chi connectivity index (χ0v) is 16.5. The van der Waals surface area contributed by atoms with Crippen LogP contribution in [0.15, 0.2) is 18.2 Å². The van der Waals surface area contributed by atoms with Crippen LogP contribution in [0.4, 0.5) is 5.00 Å². The number of anilines is 1. The number of nitrogens with zero attached hydrogens (tertiary/aromatic N) is 1. The molecule has 1 amide bonds. The number of ether oxygens (including phenoxy) is 2. The third kappa shape index (κ3) is 4.07. The Morgan fingerprint density at radius 3 is 2.93 bits per heavy atom. The van der Waals surface area contributed by atoms with Gasteiger partial charge in [-0.05, 0) is 42.6 Å². The molecule has 0 spiro atoms. The Labute approximate surface area is 163 Å². The standard InChI is InChI=1S/C20H23N3O3S/c1-12(15-9-13(25-2)4-5-17(15)26-3)8-19(24)23-20-16(10-21)14-6-7-22-11-18(14)27-20/h4-5,9,12,22H,6-8,11H2,1-3H3,(H,23,24)/t12-/m0/s1. The molecule has 1 aromatic heterocycles. The monoisotopic (exact) mass is 385 g/mol. The highest BCUT2D eigenvalue weighted by molar-refractivity contribution is 7.16. The number of carbonyl (C=O) groups excluding carboxylic acids is 1. The van der Waals surface area contributed by atoms with E-state index in [9.17, 15) is 10.1 Å². The van der Waals surface area contributed by atoms with Crippen molar-refractivity contribution in [3.05, 3.63) is 39.8 Å². The Morgan fingerprint density at radius 2 is 2.22 bits per heavy atom. The van der Waals surface area contributed by atoms with Gasteiger partial charge in [-0.3, -0.25) is 4.79 Å². The van der Waals surface area contributed by atoms with Crippen LogP contribution in [-0.2, 0) is 17.8 Å². The molecule has 6 nitrogen and oxygen atoms in total. The fourth-order valence-electron chi connectivity index (χ4n) is 3.33. The minimum Gasteiger partial charge on any atom is -0.497 e. The fourth-order valence-corrected chi connectivity index (χ4v) is 4.52. The van der Waals surface area contributed by atoms with E-state index in [-0.39, 0.29) is 18.2 Å². The van der Waals surface area contributed by atoms with Crippen molar-refractivity contribution in [1.82, 2.24) is 5.32 Å². The van der Waals surface area contributed by atoms with Gasteiger partial charge in [0.25, 0.3) is 0 Å². The number of nitriles is 1. The Hall–Kier alpha value is -2.56. The quantitative estimate of drug-likeness (QED) is 0.796. The van der Waals surface area contributed by atoms with Gasteiger partial charge in [-0.1, -0.05) is 6.92 Å². The number of amides is 1. The molecule has 1 aromatic carbocycles. The number of carbonyl (C=O) groups is 1. The molecule has 2 heterocycles. The Bertz CT molecular complexity index is 885. The van der Waals surface area contributed by atoms with Gasteiger partial charge >= 0.3 is 0 Å². The van der Waals surface area contributed by atoms with Crippen LogP contribution in [0, 0.1) is 11.3 Å². The van der Waals surface area contributed by atoms with E-state index in [1.807, 2.05) is 25.1 Å². The molecule has 1 aliphatic rings. The van der Waals surface area contributed by atoms with Crippen LogP contribution in [0.3, 0.4) is 0 Å². The molecule has 1 atom stereocenters. The highest BCUT2D eigenvalue weighted by Crippen LogP contribution is 2.36. The van der Waals surface area contributed by atoms with Gasteiger partial charge in [-0.15, -0.1) is 11.3 Å². The maximum absolute atomic E-state index is 12.6. The van der Waals surface area contributed by atoms with Crippen LogP contribution in [0.1, 0.15) is 40.8 Å². The predicted molar refractivity (Wildman–Crippen MR) is 106 cm³/mol. The number of rotatable bonds is 6. The molecule has 2 N–H and O–H groups in total. The highest BCUT2D eigenvalue weighted by atomic mass is 32.1. The normalized spacial score (nSPS) is 14.0. The van der Waals surface area contributed by atoms with Crippen molar-refractivity contribution >= 4 is 22.2 Å². The molecule has 0 saturated carbocycles. The van der Waals surface area contributed by atoms with E-state index >= 15 is 0 Å². The number of hydrogen-bond acceptors (Lipinski definition) is 6. The second kappa shape index (κ2) is 8.42. The summed E-state index contributed by atoms with van der Waals surface area (Å²) in [5.41, 5.74) is 2.60. The minimum absolute atomic E-state index is 0.0585. The number of fused-ring (bicyclic) bond motifs is 1. The first-order valence-electron chi connectivity index (χ1n) is 8.84. The number of nitrogens with one attached hydrogen (secondary N) is 2. The lowest BCUT2D eigenvalue weighted by molar-refractivity contribution is -0.116. The molecular weight excluding hydrogens is 362 g/mol. The Morgan fingerprint density at radius 1 is 1.41 bits per heavy atom. The van der Waals surface area contributed by atoms with Gasteiger partial charge in [-0.2, -0.15) is 5.26 Å². The molecule has 0 saturated heterocycles. The van der Waals surface area contributed by atoms with Crippen molar-refractivity contribution in [1.29, 1.82) is 5.26 Å². The molecule has 0 radical (unpaired) electrons. The topological polar surface area (TPSA) is 83.4 Å². The van der Waals surface area contributed by atoms with Crippen LogP contribution < -0.4 is 20.1 Å². The summed E-state index contributed by atoms with van der Waals surface area (Å²) >= 11 is 1.49. The smallest absolute Gasteiger partial charge is 0.225 e. The van der Waals surface area contributed by atoms with E-state index in [1.165, 1.54) is 11.3 Å². The van der Waals surface area contributed by atoms with Gasteiger partial charge in [0.05, 0.1) is 19.8 Å². The molecule has 1 aliphatic heterocycles. The molecule has 7 heteroatoms. The lowest BCUT2D eigenvalue weighted by Gasteiger charge is -2.16. The Kier molecular flexibility index (Phi) is 5.99. The van der Waals surface area contributed by atoms with Crippen molar-refractivity contribution in [2.45, 2.75) is 32.2 Å². The van der Waals surface area contributed by atoms with Gasteiger partial charge < -0.3 is 20.1 Å². The number of thiophene rings is 1. The van der Waals surface area contributed by atoms with Crippen LogP contribution in [0.25, 0.3) is 0 Å². The molecule has 2 aromatic rings. The average molecular weight is 385 g/mol. The van der Waals surface area contributed by atoms with Crippen molar-refractivity contribution in [2.24, 2.45) is 0 Å². The van der Waals surface area contributed by atoms with Gasteiger partial charge in [-0.25, -0.2) is 0 Å². The van der Waals surface area contributed by atoms with E-state index in [0.29, 0.717) is 10.6 Å². The van der Waals surface area contributed by atoms with Gasteiger partial charge in [0.15, 0.2) is 0 Å². The second-order valence-corrected chi connectivity index (χ2v) is 7.61. The maximum atomic E-state index is 12.6. The third-order valence-corrected chi connectivity index (χ3v) is 5.90. The molecule has 142 valence electrons. The zero-order chi connectivity index (χ0) is 19.4. The zero-order valence-electron chi connectivity index (χ0n) is 15.7. The molecule has 0 bridgehead atoms. The summed E-state index contributed by atoms with van der Waals surface area (Å²) in [6, 6.07) is 7.83. The molecule has 27 heavy (non-hydrogen) atoms. The first-order chi connectivity index (χ1) is 13.1. The lowest BCUT2D eigenvalue weighted by Crippen LogP contribution is -2.22. The summed E-state index contributed by atoms with van der Waals surface area (Å²) in [6.45, 7) is 3.59. The lowest BCUT2D eigenvalue weighted by atomic mass is 9.96. The van der Waals surface area contributed by atoms with E-state index in [0.717, 1.165) is 47.0 Å². The summed E-state index contributed by atoms with van der Waals surface area (Å²) in [4.78, 5) is 13.8. The first-order valence-corrected chi connectivity index (χ1v) is 9.66. The largest absolute Gasteiger partial charge is 0.497 e. The summed E-state index contributed by atoms with van der Waals surface area (Å²) < 4.78 is 10.7. The second-order valence-electron chi connectivity index (χ2n) is 6.51. The summed E-state index contributed by atoms with van der Waals surface area (Å²) in [5.74, 6) is 1.28. The SMILES string of the molecule is COc1ccc(OC)c([C@@H](C)CC(=O)Nc2sc3c(c2C#N)CCNC3)c1. The van der Waals surface area contributed by atoms with Crippen molar-refractivity contribution < 1.29 is 14.3 Å². The molecule has 3 rings (SSSR count). The maximum Gasteiger partial charge on any atom is 0.225 e. The summed E-state index contributed by atoms with van der Waals surface area (Å²) in [5, 5.41) is 16.4. The molecule has 0 unspecified atom stereocenters. The third-order valence-electron chi connectivity index (χ3n) is 4.75. The van der Waals surface area contributed by atoms with Crippen LogP contribution in [0.2, 0.25) is 0 Å². The fraction of sp³-hybridized carbons (Fsp3) is 0.400. The number of benzene rings is 1. The van der Waals surface area contributed by atoms with Crippen LogP contribution in [-0.4, -0.2) is 26.7 Å². The van der Waals surface area contributed by atoms with Crippen molar-refractivity contribution in [2.75, 3.05) is 26.1 Å². The van der Waals surface area contributed by atoms with Crippen molar-refractivity contribution in [3.8, 4) is 17.6 Å². The molecule has 0 aliphatic carbocycles. The first kappa shape index (κ1) is 19.2. The van der Waals surface area contributed by atoms with Gasteiger partial charge in [0.1, 0.15) is 22.6 Å². The van der Waals surface area contributed by atoms with E-state index in [2.05, 4.69) is 16.7 Å². The number of hydrogen-bond donors (Lipinski definition) is 2. The van der Waals surface area contributed by atoms with Gasteiger partial charge in [0, 0.05) is 23.4 Å². The van der Waals surface area contributed by atoms with E-state index in [4.69, 9.17) is 9.47 Å². The summed E-state index contributed by atoms with van der Waals surface area (Å²) in [7, 11) is 3.22. The van der Waals surface area contributed by atoms with Crippen LogP contribution in [0.5, 0.6) is 11.5 Å². The Balaban J connectivity index is 1.75. The van der Waals surface area contributed by atoms with Gasteiger partial charge in [0.2, 0.25) is 5.91 Å². The summed E-state index contributed by atoms with van der Waals surface area (Å²) in [6.07, 6.45) is 1.11. The van der Waals surface area contributed by atoms with Crippen LogP contribution >= 0.6 is 11.3 Å². The van der Waals surface area contributed by atoms with E-state index < -0.39 is 0 Å². The molecule has 0 fully saturated rings. The average Bonchev–Trinajstić information content (AvgIpc) is 3.03. The molecular formula is C20H23N3O3S. The van der Waals surface area contributed by atoms with Crippen molar-refractivity contribution in [3.63, 3.8) is 0 Å². The number of methoxy groups -OCH3 is 2. The minimum atomic E-state index is -0.115. The predicted octanol–water partition coefficient (Wildman–Crippen LogP) is 3.41. The van der Waals surface area contributed by atoms with E-state index in [1.54, 1.807) is 14.2 Å². The highest BCUT2D eigenvalue weighted by Gasteiger charge is 2.23.